The molecule has 27 heavy (non-hydrogen) atoms. The van der Waals surface area contributed by atoms with Crippen LogP contribution in [0, 0.1) is 28.6 Å². The van der Waals surface area contributed by atoms with Crippen LogP contribution in [0.1, 0.15) is 66.2 Å². The minimum Gasteiger partial charge on any atom is -0.391 e. The van der Waals surface area contributed by atoms with Crippen LogP contribution in [0.3, 0.4) is 0 Å². The fourth-order valence-corrected chi connectivity index (χ4v) is 8.21. The second-order valence-corrected chi connectivity index (χ2v) is 10.7. The van der Waals surface area contributed by atoms with Gasteiger partial charge in [-0.2, -0.15) is 0 Å². The first-order valence-corrected chi connectivity index (χ1v) is 10.6. The van der Waals surface area contributed by atoms with Crippen molar-refractivity contribution in [2.24, 2.45) is 28.6 Å². The maximum Gasteiger partial charge on any atom is 0.162 e. The molecule has 150 valence electrons. The van der Waals surface area contributed by atoms with Crippen molar-refractivity contribution in [3.63, 3.8) is 0 Å². The third-order valence-electron chi connectivity index (χ3n) is 9.16. The Hall–Kier alpha value is -0.710. The van der Waals surface area contributed by atoms with Crippen LogP contribution >= 0.6 is 11.6 Å². The number of carbonyl (C=O) groups is 2. The average Bonchev–Trinajstić information content (AvgIpc) is 2.79. The second kappa shape index (κ2) is 5.67. The van der Waals surface area contributed by atoms with Gasteiger partial charge in [0, 0.05) is 17.3 Å². The van der Waals surface area contributed by atoms with E-state index in [1.165, 1.54) is 6.92 Å². The minimum atomic E-state index is -1.42. The van der Waals surface area contributed by atoms with Gasteiger partial charge in [-0.1, -0.05) is 26.3 Å². The van der Waals surface area contributed by atoms with E-state index in [4.69, 9.17) is 11.6 Å². The Labute approximate surface area is 166 Å². The van der Waals surface area contributed by atoms with Crippen LogP contribution in [0.2, 0.25) is 0 Å². The number of rotatable bonds is 1. The number of hydrogen-bond acceptors (Lipinski definition) is 4. The van der Waals surface area contributed by atoms with Gasteiger partial charge in [-0.25, -0.2) is 0 Å². The lowest BCUT2D eigenvalue weighted by Crippen LogP contribution is -2.69. The van der Waals surface area contributed by atoms with Gasteiger partial charge in [0.15, 0.2) is 11.6 Å². The number of fused-ring (bicyclic) bond motifs is 5. The summed E-state index contributed by atoms with van der Waals surface area (Å²) in [6.07, 6.45) is 4.69. The molecule has 0 spiro atoms. The average molecular weight is 395 g/mol. The Balaban J connectivity index is 1.84. The highest BCUT2D eigenvalue weighted by atomic mass is 35.5. The maximum atomic E-state index is 12.5. The summed E-state index contributed by atoms with van der Waals surface area (Å²) in [6, 6.07) is 0. The number of halogens is 1. The number of alkyl halides is 1. The smallest absolute Gasteiger partial charge is 0.162 e. The first kappa shape index (κ1) is 19.6. The van der Waals surface area contributed by atoms with E-state index >= 15 is 0 Å². The van der Waals surface area contributed by atoms with Gasteiger partial charge in [-0.15, -0.1) is 11.6 Å². The van der Waals surface area contributed by atoms with Crippen molar-refractivity contribution < 1.29 is 19.8 Å². The van der Waals surface area contributed by atoms with E-state index in [0.717, 1.165) is 24.8 Å². The fourth-order valence-electron chi connectivity index (χ4n) is 7.66. The number of Topliss-reactive ketones (excluding diaryl/α,β-unsaturated/α-hetero) is 1. The molecule has 4 aliphatic carbocycles. The highest BCUT2D eigenvalue weighted by Gasteiger charge is 2.74. The summed E-state index contributed by atoms with van der Waals surface area (Å²) >= 11 is 7.37. The van der Waals surface area contributed by atoms with Gasteiger partial charge < -0.3 is 10.2 Å². The molecule has 4 aliphatic rings. The van der Waals surface area contributed by atoms with Crippen molar-refractivity contribution in [3.8, 4) is 0 Å². The lowest BCUT2D eigenvalue weighted by atomic mass is 9.45. The molecule has 2 N–H and O–H groups in total. The van der Waals surface area contributed by atoms with E-state index < -0.39 is 27.4 Å². The summed E-state index contributed by atoms with van der Waals surface area (Å²) in [5.41, 5.74) is -1.45. The largest absolute Gasteiger partial charge is 0.391 e. The maximum absolute atomic E-state index is 12.5. The highest BCUT2D eigenvalue weighted by molar-refractivity contribution is 6.26. The van der Waals surface area contributed by atoms with Crippen molar-refractivity contribution >= 4 is 23.2 Å². The van der Waals surface area contributed by atoms with Crippen molar-refractivity contribution in [1.29, 1.82) is 0 Å². The summed E-state index contributed by atoms with van der Waals surface area (Å²) in [5, 5.41) is 22.8. The Morgan fingerprint density at radius 3 is 2.56 bits per heavy atom. The Morgan fingerprint density at radius 1 is 1.26 bits per heavy atom. The van der Waals surface area contributed by atoms with Gasteiger partial charge in [0.1, 0.15) is 5.60 Å². The van der Waals surface area contributed by atoms with E-state index in [9.17, 15) is 19.8 Å². The zero-order valence-electron chi connectivity index (χ0n) is 16.7. The molecule has 0 unspecified atom stereocenters. The third kappa shape index (κ3) is 2.08. The first-order valence-electron chi connectivity index (χ1n) is 10.3. The zero-order chi connectivity index (χ0) is 20.0. The van der Waals surface area contributed by atoms with Gasteiger partial charge in [0.2, 0.25) is 0 Å². The molecular formula is C22H31ClO4. The lowest BCUT2D eigenvalue weighted by Gasteiger charge is -2.64. The van der Waals surface area contributed by atoms with Gasteiger partial charge in [0.25, 0.3) is 0 Å². The number of aliphatic hydroxyl groups is 2. The number of carbonyl (C=O) groups excluding carboxylic acids is 2. The summed E-state index contributed by atoms with van der Waals surface area (Å²) in [7, 11) is 0. The molecule has 0 aromatic carbocycles. The number of ketones is 2. The molecule has 0 bridgehead atoms. The monoisotopic (exact) mass is 394 g/mol. The standard InChI is InChI=1S/C22H31ClO4/c1-12-9-17-16-6-5-14-10-15(25)7-8-19(14,3)21(16,23)18(26)11-20(17,4)22(12,27)13(2)24/h10,12,16-18,26-27H,5-9,11H2,1-4H3/t12-,16-,17-,18-,19-,20-,21-,22-/m0/s1. The topological polar surface area (TPSA) is 74.6 Å². The molecule has 4 nitrogen and oxygen atoms in total. The molecular weight excluding hydrogens is 364 g/mol. The Kier molecular flexibility index (Phi) is 4.12. The Bertz CT molecular complexity index is 747. The Morgan fingerprint density at radius 2 is 1.93 bits per heavy atom. The molecule has 0 aliphatic heterocycles. The number of aliphatic hydroxyl groups excluding tert-OH is 1. The summed E-state index contributed by atoms with van der Waals surface area (Å²) < 4.78 is 0. The van der Waals surface area contributed by atoms with Crippen LogP contribution < -0.4 is 0 Å². The second-order valence-electron chi connectivity index (χ2n) is 10.1. The van der Waals surface area contributed by atoms with Crippen LogP contribution in [0.5, 0.6) is 0 Å². The van der Waals surface area contributed by atoms with Gasteiger partial charge in [-0.05, 0) is 62.9 Å². The highest BCUT2D eigenvalue weighted by Crippen LogP contribution is 2.71. The predicted octanol–water partition coefficient (Wildman–Crippen LogP) is 3.42. The molecule has 0 aromatic heterocycles. The van der Waals surface area contributed by atoms with E-state index in [1.807, 2.05) is 13.8 Å². The van der Waals surface area contributed by atoms with Crippen molar-refractivity contribution in [2.75, 3.05) is 0 Å². The molecule has 0 heterocycles. The molecule has 0 saturated heterocycles. The van der Waals surface area contributed by atoms with E-state index in [-0.39, 0.29) is 29.3 Å². The molecule has 3 saturated carbocycles. The van der Waals surface area contributed by atoms with E-state index in [1.54, 1.807) is 6.08 Å². The first-order chi connectivity index (χ1) is 12.4. The van der Waals surface area contributed by atoms with Crippen molar-refractivity contribution in [1.82, 2.24) is 0 Å². The molecule has 3 fully saturated rings. The van der Waals surface area contributed by atoms with Crippen LogP contribution in [0.25, 0.3) is 0 Å². The minimum absolute atomic E-state index is 0.0130. The van der Waals surface area contributed by atoms with Crippen LogP contribution in [-0.2, 0) is 9.59 Å². The lowest BCUT2D eigenvalue weighted by molar-refractivity contribution is -0.178. The summed E-state index contributed by atoms with van der Waals surface area (Å²) in [6.45, 7) is 7.49. The molecule has 0 aromatic rings. The molecule has 0 amide bonds. The predicted molar refractivity (Wildman–Crippen MR) is 103 cm³/mol. The van der Waals surface area contributed by atoms with Gasteiger partial charge in [-0.3, -0.25) is 9.59 Å². The van der Waals surface area contributed by atoms with Crippen LogP contribution in [-0.4, -0.2) is 38.4 Å². The number of hydrogen-bond donors (Lipinski definition) is 2. The molecule has 4 rings (SSSR count). The SMILES string of the molecule is CC(=O)[C@@]1(O)[C@@H](C)C[C@H]2[C@@H]3CCC4=CC(=O)CC[C@]4(C)[C@@]3(Cl)[C@@H](O)C[C@@]21C. The third-order valence-corrected chi connectivity index (χ3v) is 10.1. The quantitative estimate of drug-likeness (QED) is 0.668. The van der Waals surface area contributed by atoms with Crippen molar-refractivity contribution in [3.05, 3.63) is 11.6 Å². The number of allylic oxidation sites excluding steroid dienone is 1. The molecule has 5 heteroatoms. The molecule has 8 atom stereocenters. The van der Waals surface area contributed by atoms with Crippen LogP contribution in [0.4, 0.5) is 0 Å². The van der Waals surface area contributed by atoms with Crippen LogP contribution in [0.15, 0.2) is 11.6 Å². The van der Waals surface area contributed by atoms with Gasteiger partial charge >= 0.3 is 0 Å². The molecule has 0 radical (unpaired) electrons. The van der Waals surface area contributed by atoms with Gasteiger partial charge in [0.05, 0.1) is 11.0 Å². The fraction of sp³-hybridized carbons (Fsp3) is 0.818. The normalized spacial score (nSPS) is 54.6. The van der Waals surface area contributed by atoms with E-state index in [2.05, 4.69) is 6.92 Å². The summed E-state index contributed by atoms with van der Waals surface area (Å²) in [4.78, 5) is 23.6. The summed E-state index contributed by atoms with van der Waals surface area (Å²) in [5.74, 6) is -0.122. The zero-order valence-corrected chi connectivity index (χ0v) is 17.5. The van der Waals surface area contributed by atoms with E-state index in [0.29, 0.717) is 19.3 Å². The van der Waals surface area contributed by atoms with Crippen molar-refractivity contribution in [2.45, 2.75) is 82.8 Å².